The van der Waals surface area contributed by atoms with Crippen LogP contribution < -0.4 is 5.32 Å². The summed E-state index contributed by atoms with van der Waals surface area (Å²) >= 11 is 0. The molecule has 4 nitrogen and oxygen atoms in total. The van der Waals surface area contributed by atoms with Crippen LogP contribution in [0.5, 0.6) is 0 Å². The van der Waals surface area contributed by atoms with Crippen LogP contribution >= 0.6 is 12.4 Å². The molecule has 1 aliphatic rings. The average molecular weight is 321 g/mol. The van der Waals surface area contributed by atoms with Crippen LogP contribution in [0.15, 0.2) is 0 Å². The van der Waals surface area contributed by atoms with E-state index in [0.717, 1.165) is 44.8 Å². The molecule has 126 valence electrons. The maximum absolute atomic E-state index is 12.5. The van der Waals surface area contributed by atoms with Crippen molar-refractivity contribution in [1.82, 2.24) is 10.2 Å². The predicted molar refractivity (Wildman–Crippen MR) is 90.0 cm³/mol. The maximum atomic E-state index is 12.5. The smallest absolute Gasteiger partial charge is 0.222 e. The van der Waals surface area contributed by atoms with Crippen molar-refractivity contribution in [3.05, 3.63) is 0 Å². The van der Waals surface area contributed by atoms with E-state index in [2.05, 4.69) is 19.2 Å². The van der Waals surface area contributed by atoms with Crippen molar-refractivity contribution in [3.63, 3.8) is 0 Å². The summed E-state index contributed by atoms with van der Waals surface area (Å²) in [5.41, 5.74) is 0. The summed E-state index contributed by atoms with van der Waals surface area (Å²) in [6.07, 6.45) is 6.24. The van der Waals surface area contributed by atoms with E-state index in [0.29, 0.717) is 25.0 Å². The van der Waals surface area contributed by atoms with Crippen molar-refractivity contribution in [3.8, 4) is 0 Å². The molecule has 0 aromatic rings. The number of methoxy groups -OCH3 is 1. The Labute approximate surface area is 136 Å². The zero-order chi connectivity index (χ0) is 14.8. The lowest BCUT2D eigenvalue weighted by atomic mass is 9.93. The van der Waals surface area contributed by atoms with E-state index >= 15 is 0 Å². The quantitative estimate of drug-likeness (QED) is 0.710. The van der Waals surface area contributed by atoms with Gasteiger partial charge in [-0.05, 0) is 51.1 Å². The third-order valence-corrected chi connectivity index (χ3v) is 4.47. The summed E-state index contributed by atoms with van der Waals surface area (Å²) in [6, 6.07) is 0.366. The molecule has 0 aromatic heterocycles. The Hall–Kier alpha value is -0.320. The lowest BCUT2D eigenvalue weighted by Crippen LogP contribution is -2.42. The summed E-state index contributed by atoms with van der Waals surface area (Å²) in [5, 5.41) is 3.38. The second-order valence-corrected chi connectivity index (χ2v) is 5.78. The van der Waals surface area contributed by atoms with Gasteiger partial charge in [-0.25, -0.2) is 0 Å². The van der Waals surface area contributed by atoms with Gasteiger partial charge in [0.2, 0.25) is 5.91 Å². The molecule has 0 radical (unpaired) electrons. The fourth-order valence-electron chi connectivity index (χ4n) is 3.07. The van der Waals surface area contributed by atoms with Crippen molar-refractivity contribution in [2.45, 2.75) is 58.4 Å². The Kier molecular flexibility index (Phi) is 12.1. The van der Waals surface area contributed by atoms with E-state index in [1.54, 1.807) is 7.11 Å². The number of carbonyl (C=O) groups is 1. The highest BCUT2D eigenvalue weighted by atomic mass is 35.5. The highest BCUT2D eigenvalue weighted by molar-refractivity contribution is 5.85. The van der Waals surface area contributed by atoms with Crippen molar-refractivity contribution in [2.75, 3.05) is 33.4 Å². The highest BCUT2D eigenvalue weighted by Crippen LogP contribution is 2.19. The fourth-order valence-corrected chi connectivity index (χ4v) is 3.07. The molecular weight excluding hydrogens is 288 g/mol. The molecule has 0 atom stereocenters. The van der Waals surface area contributed by atoms with E-state index in [1.807, 2.05) is 4.90 Å². The van der Waals surface area contributed by atoms with Crippen LogP contribution in [0.25, 0.3) is 0 Å². The van der Waals surface area contributed by atoms with Crippen molar-refractivity contribution in [2.24, 2.45) is 5.92 Å². The maximum Gasteiger partial charge on any atom is 0.222 e. The van der Waals surface area contributed by atoms with E-state index in [-0.39, 0.29) is 12.4 Å². The molecule has 1 N–H and O–H groups in total. The molecule has 1 fully saturated rings. The molecule has 21 heavy (non-hydrogen) atoms. The van der Waals surface area contributed by atoms with Crippen molar-refractivity contribution < 1.29 is 9.53 Å². The molecule has 0 aliphatic carbocycles. The largest absolute Gasteiger partial charge is 0.383 e. The number of carbonyl (C=O) groups excluding carboxylic acids is 1. The summed E-state index contributed by atoms with van der Waals surface area (Å²) < 4.78 is 5.15. The second kappa shape index (κ2) is 12.2. The van der Waals surface area contributed by atoms with E-state index in [9.17, 15) is 4.79 Å². The lowest BCUT2D eigenvalue weighted by molar-refractivity contribution is -0.134. The Morgan fingerprint density at radius 3 is 2.43 bits per heavy atom. The van der Waals surface area contributed by atoms with Crippen molar-refractivity contribution in [1.29, 1.82) is 0 Å². The Morgan fingerprint density at radius 2 is 1.90 bits per heavy atom. The van der Waals surface area contributed by atoms with E-state index in [4.69, 9.17) is 4.74 Å². The molecule has 5 heteroatoms. The van der Waals surface area contributed by atoms with E-state index < -0.39 is 0 Å². The van der Waals surface area contributed by atoms with Crippen LogP contribution in [-0.4, -0.2) is 50.2 Å². The first-order valence-electron chi connectivity index (χ1n) is 8.22. The van der Waals surface area contributed by atoms with Crippen LogP contribution in [-0.2, 0) is 9.53 Å². The SMILES string of the molecule is CCC(CC)N(CCOC)C(=O)CCC1CCNCC1.Cl. The zero-order valence-corrected chi connectivity index (χ0v) is 14.7. The molecule has 1 heterocycles. The number of nitrogens with zero attached hydrogens (tertiary/aromatic N) is 1. The molecule has 1 rings (SSSR count). The summed E-state index contributed by atoms with van der Waals surface area (Å²) in [4.78, 5) is 14.6. The molecule has 1 amide bonds. The third kappa shape index (κ3) is 7.48. The number of hydrogen-bond donors (Lipinski definition) is 1. The average Bonchev–Trinajstić information content (AvgIpc) is 2.50. The Morgan fingerprint density at radius 1 is 1.29 bits per heavy atom. The van der Waals surface area contributed by atoms with Crippen LogP contribution in [0.2, 0.25) is 0 Å². The van der Waals surface area contributed by atoms with Crippen LogP contribution in [0, 0.1) is 5.92 Å². The van der Waals surface area contributed by atoms with Gasteiger partial charge in [-0.15, -0.1) is 12.4 Å². The first kappa shape index (κ1) is 20.7. The van der Waals surface area contributed by atoms with Gasteiger partial charge in [-0.3, -0.25) is 4.79 Å². The molecule has 1 aliphatic heterocycles. The van der Waals surface area contributed by atoms with Gasteiger partial charge in [0.1, 0.15) is 0 Å². The number of piperidine rings is 1. The molecular formula is C16H33ClN2O2. The highest BCUT2D eigenvalue weighted by Gasteiger charge is 2.22. The van der Waals surface area contributed by atoms with Gasteiger partial charge in [0, 0.05) is 26.1 Å². The number of hydrogen-bond acceptors (Lipinski definition) is 3. The van der Waals surface area contributed by atoms with Gasteiger partial charge in [0.15, 0.2) is 0 Å². The molecule has 0 aromatic carbocycles. The number of halogens is 1. The number of rotatable bonds is 9. The van der Waals surface area contributed by atoms with Crippen LogP contribution in [0.4, 0.5) is 0 Å². The van der Waals surface area contributed by atoms with Gasteiger partial charge < -0.3 is 15.0 Å². The number of nitrogens with one attached hydrogen (secondary N) is 1. The molecule has 0 saturated carbocycles. The van der Waals surface area contributed by atoms with Gasteiger partial charge in [0.05, 0.1) is 6.61 Å². The summed E-state index contributed by atoms with van der Waals surface area (Å²) in [6.45, 7) is 7.91. The zero-order valence-electron chi connectivity index (χ0n) is 13.9. The van der Waals surface area contributed by atoms with Gasteiger partial charge in [-0.2, -0.15) is 0 Å². The van der Waals surface area contributed by atoms with Gasteiger partial charge in [-0.1, -0.05) is 13.8 Å². The van der Waals surface area contributed by atoms with Gasteiger partial charge in [0.25, 0.3) is 0 Å². The topological polar surface area (TPSA) is 41.6 Å². The monoisotopic (exact) mass is 320 g/mol. The summed E-state index contributed by atoms with van der Waals surface area (Å²) in [5.74, 6) is 1.04. The number of amides is 1. The van der Waals surface area contributed by atoms with Crippen LogP contribution in [0.3, 0.4) is 0 Å². The van der Waals surface area contributed by atoms with Crippen molar-refractivity contribution >= 4 is 18.3 Å². The minimum atomic E-state index is 0. The Bertz CT molecular complexity index is 267. The normalized spacial score (nSPS) is 15.8. The van der Waals surface area contributed by atoms with Gasteiger partial charge >= 0.3 is 0 Å². The minimum absolute atomic E-state index is 0. The third-order valence-electron chi connectivity index (χ3n) is 4.47. The predicted octanol–water partition coefficient (Wildman–Crippen LogP) is 2.85. The Balaban J connectivity index is 0.00000400. The standard InChI is InChI=1S/C16H32N2O2.ClH/c1-4-15(5-2)18(12-13-20-3)16(19)7-6-14-8-10-17-11-9-14;/h14-15,17H,4-13H2,1-3H3;1H. The summed E-state index contributed by atoms with van der Waals surface area (Å²) in [7, 11) is 1.70. The molecule has 0 spiro atoms. The molecule has 0 unspecified atom stereocenters. The minimum Gasteiger partial charge on any atom is -0.383 e. The molecule has 0 bridgehead atoms. The number of ether oxygens (including phenoxy) is 1. The first-order chi connectivity index (χ1) is 9.72. The van der Waals surface area contributed by atoms with E-state index in [1.165, 1.54) is 12.8 Å². The molecule has 1 saturated heterocycles. The lowest BCUT2D eigenvalue weighted by Gasteiger charge is -2.31. The first-order valence-corrected chi connectivity index (χ1v) is 8.22. The fraction of sp³-hybridized carbons (Fsp3) is 0.938. The second-order valence-electron chi connectivity index (χ2n) is 5.78. The van der Waals surface area contributed by atoms with Crippen LogP contribution in [0.1, 0.15) is 52.4 Å².